The molecule has 1 aromatic rings. The van der Waals surface area contributed by atoms with Gasteiger partial charge in [-0.05, 0) is 25.7 Å². The summed E-state index contributed by atoms with van der Waals surface area (Å²) in [7, 11) is 0. The maximum Gasteiger partial charge on any atom is 0.288 e. The summed E-state index contributed by atoms with van der Waals surface area (Å²) in [5.74, 6) is -0.102. The largest absolute Gasteiger partial charge is 0.338 e. The minimum atomic E-state index is -0.596. The smallest absolute Gasteiger partial charge is 0.288 e. The van der Waals surface area contributed by atoms with E-state index in [9.17, 15) is 14.9 Å². The van der Waals surface area contributed by atoms with Gasteiger partial charge in [0.2, 0.25) is 0 Å². The van der Waals surface area contributed by atoms with Gasteiger partial charge in [-0.25, -0.2) is 4.98 Å². The van der Waals surface area contributed by atoms with Crippen LogP contribution in [0.2, 0.25) is 5.15 Å². The van der Waals surface area contributed by atoms with Crippen molar-refractivity contribution in [1.29, 1.82) is 0 Å². The summed E-state index contributed by atoms with van der Waals surface area (Å²) in [6, 6.07) is 1.17. The molecule has 114 valence electrons. The number of nitro groups is 1. The van der Waals surface area contributed by atoms with Crippen LogP contribution in [0.25, 0.3) is 0 Å². The first-order valence-electron chi connectivity index (χ1n) is 6.75. The van der Waals surface area contributed by atoms with E-state index in [4.69, 9.17) is 17.3 Å². The number of rotatable bonds is 3. The molecule has 1 amide bonds. The number of piperidine rings is 1. The summed E-state index contributed by atoms with van der Waals surface area (Å²) in [5, 5.41) is 10.8. The molecule has 1 saturated heterocycles. The molecule has 2 N–H and O–H groups in total. The first kappa shape index (κ1) is 15.7. The zero-order valence-corrected chi connectivity index (χ0v) is 12.4. The van der Waals surface area contributed by atoms with Crippen molar-refractivity contribution in [2.45, 2.75) is 25.8 Å². The van der Waals surface area contributed by atoms with E-state index in [1.54, 1.807) is 4.90 Å². The second-order valence-corrected chi connectivity index (χ2v) is 5.66. The first-order chi connectivity index (χ1) is 9.90. The number of amides is 1. The van der Waals surface area contributed by atoms with E-state index in [-0.39, 0.29) is 34.3 Å². The number of likely N-dealkylation sites (tertiary alicyclic amines) is 1. The lowest BCUT2D eigenvalue weighted by Gasteiger charge is -2.34. The summed E-state index contributed by atoms with van der Waals surface area (Å²) in [4.78, 5) is 28.1. The van der Waals surface area contributed by atoms with Gasteiger partial charge in [0.05, 0.1) is 10.5 Å². The Morgan fingerprint density at radius 3 is 3.00 bits per heavy atom. The van der Waals surface area contributed by atoms with Crippen molar-refractivity contribution in [3.05, 3.63) is 33.1 Å². The Labute approximate surface area is 127 Å². The van der Waals surface area contributed by atoms with E-state index in [0.29, 0.717) is 13.1 Å². The van der Waals surface area contributed by atoms with Gasteiger partial charge in [0.25, 0.3) is 11.6 Å². The maximum atomic E-state index is 12.5. The molecular weight excluding hydrogens is 296 g/mol. The fourth-order valence-corrected chi connectivity index (χ4v) is 2.67. The Hall–Kier alpha value is -1.73. The molecule has 2 atom stereocenters. The lowest BCUT2D eigenvalue weighted by atomic mass is 9.92. The summed E-state index contributed by atoms with van der Waals surface area (Å²) in [6.07, 6.45) is 2.88. The second kappa shape index (κ2) is 6.36. The zero-order chi connectivity index (χ0) is 15.6. The summed E-state index contributed by atoms with van der Waals surface area (Å²) in [5.41, 5.74) is 5.72. The number of carbonyl (C=O) groups is 1. The number of hydrogen-bond acceptors (Lipinski definition) is 5. The van der Waals surface area contributed by atoms with E-state index < -0.39 is 4.92 Å². The number of halogens is 1. The summed E-state index contributed by atoms with van der Waals surface area (Å²) < 4.78 is 0. The van der Waals surface area contributed by atoms with E-state index in [2.05, 4.69) is 4.98 Å². The predicted octanol–water partition coefficient (Wildman–Crippen LogP) is 1.84. The van der Waals surface area contributed by atoms with E-state index in [1.807, 2.05) is 6.92 Å². The van der Waals surface area contributed by atoms with Crippen LogP contribution in [0.5, 0.6) is 0 Å². The van der Waals surface area contributed by atoms with Crippen LogP contribution in [-0.2, 0) is 0 Å². The fourth-order valence-electron chi connectivity index (χ4n) is 2.48. The number of nitrogens with zero attached hydrogens (tertiary/aromatic N) is 3. The van der Waals surface area contributed by atoms with Gasteiger partial charge in [0.15, 0.2) is 0 Å². The first-order valence-corrected chi connectivity index (χ1v) is 7.12. The molecule has 0 radical (unpaired) electrons. The third-order valence-electron chi connectivity index (χ3n) is 3.75. The highest BCUT2D eigenvalue weighted by molar-refractivity contribution is 6.32. The Morgan fingerprint density at radius 1 is 1.67 bits per heavy atom. The Morgan fingerprint density at radius 2 is 2.38 bits per heavy atom. The van der Waals surface area contributed by atoms with Gasteiger partial charge in [-0.1, -0.05) is 11.6 Å². The third-order valence-corrected chi connectivity index (χ3v) is 4.06. The molecular formula is C13H17ClN4O3. The normalized spacial score (nSPS) is 20.1. The van der Waals surface area contributed by atoms with Gasteiger partial charge in [0, 0.05) is 25.2 Å². The Kier molecular flexibility index (Phi) is 4.74. The van der Waals surface area contributed by atoms with Crippen LogP contribution in [-0.4, -0.2) is 39.8 Å². The molecule has 0 bridgehead atoms. The summed E-state index contributed by atoms with van der Waals surface area (Å²) >= 11 is 5.91. The molecule has 0 spiro atoms. The minimum absolute atomic E-state index is 0.000642. The van der Waals surface area contributed by atoms with Crippen molar-refractivity contribution in [2.24, 2.45) is 11.7 Å². The monoisotopic (exact) mass is 312 g/mol. The number of nitrogens with two attached hydrogens (primary N) is 1. The number of aromatic nitrogens is 1. The average Bonchev–Trinajstić information content (AvgIpc) is 2.47. The molecule has 0 saturated carbocycles. The van der Waals surface area contributed by atoms with Gasteiger partial charge < -0.3 is 10.6 Å². The third kappa shape index (κ3) is 3.48. The van der Waals surface area contributed by atoms with Crippen LogP contribution in [0.1, 0.15) is 30.1 Å². The Balaban J connectivity index is 2.23. The van der Waals surface area contributed by atoms with Gasteiger partial charge in [-0.15, -0.1) is 0 Å². The molecule has 8 heteroatoms. The fraction of sp³-hybridized carbons (Fsp3) is 0.538. The number of carbonyl (C=O) groups excluding carboxylic acids is 1. The molecule has 21 heavy (non-hydrogen) atoms. The van der Waals surface area contributed by atoms with Crippen LogP contribution in [0, 0.1) is 16.0 Å². The standard InChI is InChI=1S/C13H17ClN4O3/c1-8(15)9-3-2-4-17(7-9)13(19)11-5-10(18(20)21)6-16-12(11)14/h5-6,8-9H,2-4,7,15H2,1H3. The van der Waals surface area contributed by atoms with E-state index >= 15 is 0 Å². The van der Waals surface area contributed by atoms with Gasteiger partial charge in [0.1, 0.15) is 11.3 Å². The lowest BCUT2D eigenvalue weighted by Crippen LogP contribution is -2.45. The van der Waals surface area contributed by atoms with Crippen molar-refractivity contribution < 1.29 is 9.72 Å². The quantitative estimate of drug-likeness (QED) is 0.521. The van der Waals surface area contributed by atoms with Crippen molar-refractivity contribution in [3.63, 3.8) is 0 Å². The molecule has 2 heterocycles. The second-order valence-electron chi connectivity index (χ2n) is 5.30. The molecule has 0 aliphatic carbocycles. The highest BCUT2D eigenvalue weighted by atomic mass is 35.5. The number of pyridine rings is 1. The summed E-state index contributed by atoms with van der Waals surface area (Å²) in [6.45, 7) is 3.05. The SMILES string of the molecule is CC(N)C1CCCN(C(=O)c2cc([N+](=O)[O-])cnc2Cl)C1. The maximum absolute atomic E-state index is 12.5. The van der Waals surface area contributed by atoms with Gasteiger partial charge in [-0.3, -0.25) is 14.9 Å². The van der Waals surface area contributed by atoms with Crippen LogP contribution in [0.3, 0.4) is 0 Å². The van der Waals surface area contributed by atoms with Crippen molar-refractivity contribution in [2.75, 3.05) is 13.1 Å². The highest BCUT2D eigenvalue weighted by Crippen LogP contribution is 2.24. The topological polar surface area (TPSA) is 102 Å². The number of hydrogen-bond donors (Lipinski definition) is 1. The molecule has 1 aliphatic rings. The van der Waals surface area contributed by atoms with Crippen LogP contribution < -0.4 is 5.73 Å². The van der Waals surface area contributed by atoms with Gasteiger partial charge >= 0.3 is 0 Å². The van der Waals surface area contributed by atoms with Crippen LogP contribution >= 0.6 is 11.6 Å². The van der Waals surface area contributed by atoms with Crippen molar-refractivity contribution in [3.8, 4) is 0 Å². The molecule has 7 nitrogen and oxygen atoms in total. The highest BCUT2D eigenvalue weighted by Gasteiger charge is 2.28. The molecule has 1 aromatic heterocycles. The molecule has 0 aromatic carbocycles. The predicted molar refractivity (Wildman–Crippen MR) is 78.2 cm³/mol. The van der Waals surface area contributed by atoms with E-state index in [1.165, 1.54) is 6.07 Å². The zero-order valence-electron chi connectivity index (χ0n) is 11.7. The van der Waals surface area contributed by atoms with Crippen LogP contribution in [0.15, 0.2) is 12.3 Å². The molecule has 1 aliphatic heterocycles. The average molecular weight is 313 g/mol. The van der Waals surface area contributed by atoms with Gasteiger partial charge in [-0.2, -0.15) is 0 Å². The van der Waals surface area contributed by atoms with E-state index in [0.717, 1.165) is 19.0 Å². The molecule has 2 unspecified atom stereocenters. The Bertz CT molecular complexity index is 564. The molecule has 2 rings (SSSR count). The van der Waals surface area contributed by atoms with Crippen molar-refractivity contribution in [1.82, 2.24) is 9.88 Å². The van der Waals surface area contributed by atoms with Crippen LogP contribution in [0.4, 0.5) is 5.69 Å². The molecule has 1 fully saturated rings. The minimum Gasteiger partial charge on any atom is -0.338 e. The van der Waals surface area contributed by atoms with Crippen molar-refractivity contribution >= 4 is 23.2 Å². The lowest BCUT2D eigenvalue weighted by molar-refractivity contribution is -0.385.